The van der Waals surface area contributed by atoms with Gasteiger partial charge in [-0.25, -0.2) is 14.2 Å². The number of fused-ring (bicyclic) bond motifs is 3. The van der Waals surface area contributed by atoms with Gasteiger partial charge in [-0.2, -0.15) is 0 Å². The van der Waals surface area contributed by atoms with Gasteiger partial charge in [-0.05, 0) is 40.8 Å². The van der Waals surface area contributed by atoms with E-state index in [1.807, 2.05) is 18.2 Å². The van der Waals surface area contributed by atoms with E-state index in [9.17, 15) is 4.79 Å². The minimum Gasteiger partial charge on any atom is -0.314 e. The summed E-state index contributed by atoms with van der Waals surface area (Å²) in [4.78, 5) is 18.5. The van der Waals surface area contributed by atoms with Gasteiger partial charge in [0.05, 0.1) is 5.52 Å². The SMILES string of the molecule is O=c1[nH]ccc2c(I)c3cccnc3n12. The van der Waals surface area contributed by atoms with Crippen molar-refractivity contribution in [1.29, 1.82) is 0 Å². The quantitative estimate of drug-likeness (QED) is 0.644. The highest BCUT2D eigenvalue weighted by molar-refractivity contribution is 14.1. The van der Waals surface area contributed by atoms with E-state index >= 15 is 0 Å². The number of pyridine rings is 1. The Hall–Kier alpha value is -1.37. The van der Waals surface area contributed by atoms with Crippen LogP contribution in [0.25, 0.3) is 16.6 Å². The zero-order chi connectivity index (χ0) is 10.4. The lowest BCUT2D eigenvalue weighted by molar-refractivity contribution is 1.02. The van der Waals surface area contributed by atoms with E-state index in [0.29, 0.717) is 5.65 Å². The van der Waals surface area contributed by atoms with Crippen molar-refractivity contribution in [3.63, 3.8) is 0 Å². The Balaban J connectivity index is 2.77. The van der Waals surface area contributed by atoms with Gasteiger partial charge in [0.25, 0.3) is 0 Å². The molecule has 0 aliphatic rings. The van der Waals surface area contributed by atoms with Crippen molar-refractivity contribution in [2.75, 3.05) is 0 Å². The van der Waals surface area contributed by atoms with Crippen LogP contribution < -0.4 is 5.69 Å². The first-order valence-corrected chi connectivity index (χ1v) is 5.49. The molecule has 0 saturated carbocycles. The molecule has 3 rings (SSSR count). The van der Waals surface area contributed by atoms with Crippen LogP contribution in [0.3, 0.4) is 0 Å². The number of aromatic amines is 1. The van der Waals surface area contributed by atoms with Crippen molar-refractivity contribution in [2.24, 2.45) is 0 Å². The summed E-state index contributed by atoms with van der Waals surface area (Å²) in [5.74, 6) is 0. The Labute approximate surface area is 98.1 Å². The molecule has 0 fully saturated rings. The topological polar surface area (TPSA) is 50.2 Å². The fraction of sp³-hybridized carbons (Fsp3) is 0. The summed E-state index contributed by atoms with van der Waals surface area (Å²) in [7, 11) is 0. The summed E-state index contributed by atoms with van der Waals surface area (Å²) in [6.07, 6.45) is 3.34. The van der Waals surface area contributed by atoms with Crippen LogP contribution >= 0.6 is 22.6 Å². The van der Waals surface area contributed by atoms with Crippen LogP contribution in [0, 0.1) is 3.57 Å². The summed E-state index contributed by atoms with van der Waals surface area (Å²) >= 11 is 2.23. The van der Waals surface area contributed by atoms with E-state index in [-0.39, 0.29) is 5.69 Å². The average Bonchev–Trinajstić information content (AvgIpc) is 2.55. The summed E-state index contributed by atoms with van der Waals surface area (Å²) in [6.45, 7) is 0. The highest BCUT2D eigenvalue weighted by atomic mass is 127. The minimum atomic E-state index is -0.154. The second-order valence-electron chi connectivity index (χ2n) is 3.19. The molecule has 0 unspecified atom stereocenters. The number of nitrogens with zero attached hydrogens (tertiary/aromatic N) is 2. The van der Waals surface area contributed by atoms with Gasteiger partial charge in [-0.15, -0.1) is 0 Å². The second kappa shape index (κ2) is 3.06. The standard InChI is InChI=1S/C10H6IN3O/c11-8-6-2-1-4-12-9(6)14-7(8)3-5-13-10(14)15/h1-5H,(H,13,15). The Morgan fingerprint density at radius 1 is 1.40 bits per heavy atom. The lowest BCUT2D eigenvalue weighted by Crippen LogP contribution is -2.14. The Bertz CT molecular complexity index is 713. The summed E-state index contributed by atoms with van der Waals surface area (Å²) in [5, 5.41) is 1.01. The molecule has 3 aromatic heterocycles. The molecule has 3 heterocycles. The number of hydrogen-bond donors (Lipinski definition) is 1. The third kappa shape index (κ3) is 1.12. The molecule has 4 nitrogen and oxygen atoms in total. The smallest absolute Gasteiger partial charge is 0.314 e. The van der Waals surface area contributed by atoms with Gasteiger partial charge in [0.1, 0.15) is 5.65 Å². The van der Waals surface area contributed by atoms with Crippen LogP contribution in [0.2, 0.25) is 0 Å². The zero-order valence-corrected chi connectivity index (χ0v) is 9.72. The molecule has 3 aromatic rings. The molecule has 0 aliphatic heterocycles. The number of halogens is 1. The first-order valence-electron chi connectivity index (χ1n) is 4.41. The molecule has 0 atom stereocenters. The van der Waals surface area contributed by atoms with Crippen LogP contribution in [-0.4, -0.2) is 14.4 Å². The highest BCUT2D eigenvalue weighted by Gasteiger charge is 2.10. The Kier molecular flexibility index (Phi) is 1.82. The van der Waals surface area contributed by atoms with E-state index in [2.05, 4.69) is 32.6 Å². The van der Waals surface area contributed by atoms with Crippen molar-refractivity contribution in [3.8, 4) is 0 Å². The summed E-state index contributed by atoms with van der Waals surface area (Å²) < 4.78 is 2.65. The molecular formula is C10H6IN3O. The normalized spacial score (nSPS) is 11.3. The lowest BCUT2D eigenvalue weighted by Gasteiger charge is -1.92. The van der Waals surface area contributed by atoms with Crippen LogP contribution in [0.4, 0.5) is 0 Å². The first-order chi connectivity index (χ1) is 7.29. The number of nitrogens with one attached hydrogen (secondary N) is 1. The fourth-order valence-corrected chi connectivity index (χ4v) is 2.55. The van der Waals surface area contributed by atoms with Gasteiger partial charge >= 0.3 is 5.69 Å². The van der Waals surface area contributed by atoms with E-state index in [1.165, 1.54) is 0 Å². The van der Waals surface area contributed by atoms with Gasteiger partial charge in [-0.1, -0.05) is 0 Å². The van der Waals surface area contributed by atoms with E-state index < -0.39 is 0 Å². The van der Waals surface area contributed by atoms with Crippen LogP contribution in [-0.2, 0) is 0 Å². The predicted molar refractivity (Wildman–Crippen MR) is 66.0 cm³/mol. The second-order valence-corrected chi connectivity index (χ2v) is 4.27. The van der Waals surface area contributed by atoms with Crippen molar-refractivity contribution in [3.05, 3.63) is 44.6 Å². The molecule has 5 heteroatoms. The first kappa shape index (κ1) is 8.90. The molecule has 0 spiro atoms. The largest absolute Gasteiger partial charge is 0.331 e. The molecular weight excluding hydrogens is 305 g/mol. The molecule has 0 aliphatic carbocycles. The maximum absolute atomic E-state index is 11.7. The van der Waals surface area contributed by atoms with E-state index in [1.54, 1.807) is 16.8 Å². The van der Waals surface area contributed by atoms with Crippen LogP contribution in [0.15, 0.2) is 35.4 Å². The van der Waals surface area contributed by atoms with Gasteiger partial charge in [-0.3, -0.25) is 0 Å². The average molecular weight is 311 g/mol. The van der Waals surface area contributed by atoms with Crippen molar-refractivity contribution >= 4 is 39.1 Å². The molecule has 0 radical (unpaired) electrons. The number of rotatable bonds is 0. The molecule has 15 heavy (non-hydrogen) atoms. The monoisotopic (exact) mass is 311 g/mol. The Morgan fingerprint density at radius 2 is 2.27 bits per heavy atom. The maximum Gasteiger partial charge on any atom is 0.331 e. The lowest BCUT2D eigenvalue weighted by atomic mass is 10.3. The zero-order valence-electron chi connectivity index (χ0n) is 7.57. The third-order valence-electron chi connectivity index (χ3n) is 2.35. The van der Waals surface area contributed by atoms with Crippen LogP contribution in [0.1, 0.15) is 0 Å². The van der Waals surface area contributed by atoms with Crippen molar-refractivity contribution < 1.29 is 0 Å². The van der Waals surface area contributed by atoms with Gasteiger partial charge in [0.15, 0.2) is 0 Å². The third-order valence-corrected chi connectivity index (χ3v) is 3.49. The number of hydrogen-bond acceptors (Lipinski definition) is 2. The van der Waals surface area contributed by atoms with Crippen LogP contribution in [0.5, 0.6) is 0 Å². The summed E-state index contributed by atoms with van der Waals surface area (Å²) in [6, 6.07) is 5.72. The summed E-state index contributed by atoms with van der Waals surface area (Å²) in [5.41, 5.74) is 1.45. The molecule has 0 saturated heterocycles. The molecule has 74 valence electrons. The fourth-order valence-electron chi connectivity index (χ4n) is 1.71. The highest BCUT2D eigenvalue weighted by Crippen LogP contribution is 2.24. The van der Waals surface area contributed by atoms with Crippen molar-refractivity contribution in [2.45, 2.75) is 0 Å². The minimum absolute atomic E-state index is 0.154. The van der Waals surface area contributed by atoms with Crippen molar-refractivity contribution in [1.82, 2.24) is 14.4 Å². The molecule has 0 bridgehead atoms. The van der Waals surface area contributed by atoms with Gasteiger partial charge in [0.2, 0.25) is 0 Å². The van der Waals surface area contributed by atoms with E-state index in [0.717, 1.165) is 14.5 Å². The molecule has 0 amide bonds. The predicted octanol–water partition coefficient (Wildman–Crippen LogP) is 1.78. The van der Waals surface area contributed by atoms with Gasteiger partial charge in [0, 0.05) is 21.4 Å². The Morgan fingerprint density at radius 3 is 3.13 bits per heavy atom. The molecule has 0 aromatic carbocycles. The maximum atomic E-state index is 11.7. The number of H-pyrrole nitrogens is 1. The molecule has 1 N–H and O–H groups in total. The van der Waals surface area contributed by atoms with E-state index in [4.69, 9.17) is 0 Å². The van der Waals surface area contributed by atoms with Gasteiger partial charge < -0.3 is 4.98 Å². The number of aromatic nitrogens is 3.